The second-order valence-corrected chi connectivity index (χ2v) is 6.10. The highest BCUT2D eigenvalue weighted by atomic mass is 16.5. The number of esters is 1. The molecular weight excluding hydrogens is 238 g/mol. The minimum absolute atomic E-state index is 0.217. The van der Waals surface area contributed by atoms with Gasteiger partial charge in [-0.1, -0.05) is 6.42 Å². The van der Waals surface area contributed by atoms with Gasteiger partial charge in [0.1, 0.15) is 0 Å². The molecule has 2 saturated carbocycles. The third-order valence-electron chi connectivity index (χ3n) is 4.82. The van der Waals surface area contributed by atoms with Gasteiger partial charge in [-0.2, -0.15) is 0 Å². The molecule has 0 saturated heterocycles. The molecule has 2 aliphatic rings. The molecule has 3 heteroatoms. The van der Waals surface area contributed by atoms with Gasteiger partial charge in [0, 0.05) is 5.69 Å². The Labute approximate surface area is 114 Å². The van der Waals surface area contributed by atoms with E-state index < -0.39 is 0 Å². The Morgan fingerprint density at radius 1 is 1.37 bits per heavy atom. The molecule has 3 rings (SSSR count). The molecule has 0 heterocycles. The monoisotopic (exact) mass is 259 g/mol. The second kappa shape index (κ2) is 4.87. The number of nitrogen functional groups attached to an aromatic ring is 1. The molecule has 102 valence electrons. The van der Waals surface area contributed by atoms with Gasteiger partial charge in [-0.05, 0) is 67.7 Å². The zero-order valence-corrected chi connectivity index (χ0v) is 11.4. The van der Waals surface area contributed by atoms with Gasteiger partial charge in [-0.25, -0.2) is 4.79 Å². The van der Waals surface area contributed by atoms with Crippen LogP contribution < -0.4 is 5.73 Å². The first-order valence-corrected chi connectivity index (χ1v) is 7.16. The van der Waals surface area contributed by atoms with E-state index in [2.05, 4.69) is 0 Å². The smallest absolute Gasteiger partial charge is 0.338 e. The Morgan fingerprint density at radius 3 is 2.84 bits per heavy atom. The van der Waals surface area contributed by atoms with E-state index in [0.717, 1.165) is 17.4 Å². The Balaban J connectivity index is 1.57. The van der Waals surface area contributed by atoms with E-state index in [1.165, 1.54) is 25.7 Å². The van der Waals surface area contributed by atoms with Crippen LogP contribution in [0.2, 0.25) is 0 Å². The van der Waals surface area contributed by atoms with Crippen LogP contribution in [0.1, 0.15) is 41.6 Å². The second-order valence-electron chi connectivity index (χ2n) is 6.10. The number of hydrogen-bond acceptors (Lipinski definition) is 3. The van der Waals surface area contributed by atoms with E-state index >= 15 is 0 Å². The summed E-state index contributed by atoms with van der Waals surface area (Å²) in [5.41, 5.74) is 8.00. The van der Waals surface area contributed by atoms with Crippen molar-refractivity contribution < 1.29 is 9.53 Å². The summed E-state index contributed by atoms with van der Waals surface area (Å²) in [6.45, 7) is 2.49. The zero-order chi connectivity index (χ0) is 13.4. The van der Waals surface area contributed by atoms with Gasteiger partial charge < -0.3 is 10.5 Å². The summed E-state index contributed by atoms with van der Waals surface area (Å²) in [4.78, 5) is 12.0. The van der Waals surface area contributed by atoms with Crippen LogP contribution in [0, 0.1) is 24.7 Å². The fraction of sp³-hybridized carbons (Fsp3) is 0.562. The maximum atomic E-state index is 12.0. The third-order valence-corrected chi connectivity index (χ3v) is 4.82. The van der Waals surface area contributed by atoms with E-state index in [1.54, 1.807) is 18.2 Å². The van der Waals surface area contributed by atoms with Crippen molar-refractivity contribution in [2.45, 2.75) is 32.6 Å². The average Bonchev–Trinajstić information content (AvgIpc) is 3.01. The van der Waals surface area contributed by atoms with Crippen LogP contribution in [0.4, 0.5) is 5.69 Å². The average molecular weight is 259 g/mol. The van der Waals surface area contributed by atoms with Crippen molar-refractivity contribution in [1.29, 1.82) is 0 Å². The number of ether oxygens (including phenoxy) is 1. The quantitative estimate of drug-likeness (QED) is 0.670. The summed E-state index contributed by atoms with van der Waals surface area (Å²) in [5.74, 6) is 2.07. The first-order valence-electron chi connectivity index (χ1n) is 7.16. The number of benzene rings is 1. The largest absolute Gasteiger partial charge is 0.462 e. The molecule has 0 aliphatic heterocycles. The summed E-state index contributed by atoms with van der Waals surface area (Å²) in [6, 6.07) is 5.31. The maximum Gasteiger partial charge on any atom is 0.338 e. The fourth-order valence-electron chi connectivity index (χ4n) is 3.65. The van der Waals surface area contributed by atoms with Gasteiger partial charge in [-0.15, -0.1) is 0 Å². The van der Waals surface area contributed by atoms with Gasteiger partial charge in [0.15, 0.2) is 0 Å². The normalized spacial score (nSPS) is 28.6. The van der Waals surface area contributed by atoms with Crippen LogP contribution in [0.5, 0.6) is 0 Å². The number of hydrogen-bond donors (Lipinski definition) is 1. The summed E-state index contributed by atoms with van der Waals surface area (Å²) in [6.07, 6.45) is 5.31. The van der Waals surface area contributed by atoms with Crippen molar-refractivity contribution in [2.75, 3.05) is 12.3 Å². The number of aryl methyl sites for hydroxylation is 1. The van der Waals surface area contributed by atoms with Crippen molar-refractivity contribution in [1.82, 2.24) is 0 Å². The number of fused-ring (bicyclic) bond motifs is 2. The Kier molecular flexibility index (Phi) is 3.21. The van der Waals surface area contributed by atoms with Gasteiger partial charge in [0.05, 0.1) is 12.2 Å². The molecule has 3 nitrogen and oxygen atoms in total. The van der Waals surface area contributed by atoms with Crippen LogP contribution in [0.3, 0.4) is 0 Å². The molecule has 0 radical (unpaired) electrons. The number of anilines is 1. The molecule has 19 heavy (non-hydrogen) atoms. The summed E-state index contributed by atoms with van der Waals surface area (Å²) in [5, 5.41) is 0. The van der Waals surface area contributed by atoms with Crippen molar-refractivity contribution in [2.24, 2.45) is 17.8 Å². The summed E-state index contributed by atoms with van der Waals surface area (Å²) < 4.78 is 5.48. The summed E-state index contributed by atoms with van der Waals surface area (Å²) >= 11 is 0. The fourth-order valence-corrected chi connectivity index (χ4v) is 3.65. The predicted molar refractivity (Wildman–Crippen MR) is 74.8 cm³/mol. The van der Waals surface area contributed by atoms with Crippen LogP contribution in [-0.4, -0.2) is 12.6 Å². The molecule has 1 aromatic rings. The molecular formula is C16H21NO2. The SMILES string of the molecule is Cc1cc(C(=O)OCC2CC3CCC2C3)ccc1N. The molecule has 1 aromatic carbocycles. The first-order chi connectivity index (χ1) is 9.13. The lowest BCUT2D eigenvalue weighted by Crippen LogP contribution is -2.19. The van der Waals surface area contributed by atoms with Crippen molar-refractivity contribution in [3.63, 3.8) is 0 Å². The van der Waals surface area contributed by atoms with Gasteiger partial charge in [0.2, 0.25) is 0 Å². The first kappa shape index (κ1) is 12.5. The van der Waals surface area contributed by atoms with Crippen molar-refractivity contribution >= 4 is 11.7 Å². The summed E-state index contributed by atoms with van der Waals surface area (Å²) in [7, 11) is 0. The lowest BCUT2D eigenvalue weighted by molar-refractivity contribution is 0.0394. The van der Waals surface area contributed by atoms with E-state index in [0.29, 0.717) is 23.8 Å². The maximum absolute atomic E-state index is 12.0. The predicted octanol–water partition coefficient (Wildman–Crippen LogP) is 3.17. The number of carbonyl (C=O) groups excluding carboxylic acids is 1. The van der Waals surface area contributed by atoms with Crippen LogP contribution in [0.15, 0.2) is 18.2 Å². The molecule has 3 atom stereocenters. The van der Waals surface area contributed by atoms with Crippen LogP contribution in [-0.2, 0) is 4.74 Å². The number of nitrogens with two attached hydrogens (primary N) is 1. The molecule has 2 aliphatic carbocycles. The minimum atomic E-state index is -0.217. The molecule has 0 amide bonds. The highest BCUT2D eigenvalue weighted by Crippen LogP contribution is 2.48. The van der Waals surface area contributed by atoms with Gasteiger partial charge >= 0.3 is 5.97 Å². The minimum Gasteiger partial charge on any atom is -0.462 e. The molecule has 2 fully saturated rings. The van der Waals surface area contributed by atoms with Gasteiger partial charge in [-0.3, -0.25) is 0 Å². The van der Waals surface area contributed by atoms with E-state index in [1.807, 2.05) is 6.92 Å². The lowest BCUT2D eigenvalue weighted by atomic mass is 9.89. The molecule has 2 bridgehead atoms. The zero-order valence-electron chi connectivity index (χ0n) is 11.4. The highest BCUT2D eigenvalue weighted by Gasteiger charge is 2.39. The third kappa shape index (κ3) is 2.46. The van der Waals surface area contributed by atoms with Crippen molar-refractivity contribution in [3.05, 3.63) is 29.3 Å². The lowest BCUT2D eigenvalue weighted by Gasteiger charge is -2.21. The van der Waals surface area contributed by atoms with E-state index in [9.17, 15) is 4.79 Å². The Morgan fingerprint density at radius 2 is 2.21 bits per heavy atom. The molecule has 3 unspecified atom stereocenters. The Hall–Kier alpha value is -1.51. The van der Waals surface area contributed by atoms with Crippen molar-refractivity contribution in [3.8, 4) is 0 Å². The topological polar surface area (TPSA) is 52.3 Å². The number of carbonyl (C=O) groups is 1. The highest BCUT2D eigenvalue weighted by molar-refractivity contribution is 5.90. The standard InChI is InChI=1S/C16H21NO2/c1-10-6-13(4-5-15(10)17)16(18)19-9-14-8-11-2-3-12(14)7-11/h4-6,11-12,14H,2-3,7-9,17H2,1H3. The number of rotatable bonds is 3. The van der Waals surface area contributed by atoms with Crippen LogP contribution >= 0.6 is 0 Å². The van der Waals surface area contributed by atoms with E-state index in [4.69, 9.17) is 10.5 Å². The Bertz CT molecular complexity index is 498. The molecule has 0 aromatic heterocycles. The van der Waals surface area contributed by atoms with Gasteiger partial charge in [0.25, 0.3) is 0 Å². The van der Waals surface area contributed by atoms with Crippen LogP contribution in [0.25, 0.3) is 0 Å². The van der Waals surface area contributed by atoms with E-state index in [-0.39, 0.29) is 5.97 Å². The molecule has 0 spiro atoms. The molecule has 2 N–H and O–H groups in total.